The van der Waals surface area contributed by atoms with Gasteiger partial charge in [-0.3, -0.25) is 0 Å². The largest absolute Gasteiger partial charge is 0.490 e. The number of halogens is 1. The highest BCUT2D eigenvalue weighted by Crippen LogP contribution is 2.42. The zero-order valence-corrected chi connectivity index (χ0v) is 14.2. The van der Waals surface area contributed by atoms with Gasteiger partial charge in [0.25, 0.3) is 0 Å². The third-order valence-corrected chi connectivity index (χ3v) is 4.77. The first-order chi connectivity index (χ1) is 10.1. The number of hydrogen-bond acceptors (Lipinski definition) is 4. The van der Waals surface area contributed by atoms with Gasteiger partial charge in [-0.05, 0) is 52.9 Å². The number of methoxy groups -OCH3 is 2. The van der Waals surface area contributed by atoms with E-state index in [0.717, 1.165) is 28.6 Å². The molecule has 118 valence electrons. The van der Waals surface area contributed by atoms with Gasteiger partial charge in [0.05, 0.1) is 22.8 Å². The van der Waals surface area contributed by atoms with Crippen LogP contribution in [0.4, 0.5) is 0 Å². The standard InChI is InChI=1S/C16H23BrO4/c1-19-8-9-21-15-5-4-12(10-13(15)17)14(18)11-16(20-2)6-3-7-16/h4-5,10,14,18H,3,6-9,11H2,1-2H3. The van der Waals surface area contributed by atoms with E-state index < -0.39 is 6.10 Å². The molecule has 0 radical (unpaired) electrons. The number of aliphatic hydroxyl groups excluding tert-OH is 1. The molecule has 1 atom stereocenters. The molecule has 0 aromatic heterocycles. The van der Waals surface area contributed by atoms with Crippen LogP contribution in [0.2, 0.25) is 0 Å². The number of rotatable bonds is 8. The lowest BCUT2D eigenvalue weighted by Crippen LogP contribution is -2.40. The molecule has 21 heavy (non-hydrogen) atoms. The molecule has 0 spiro atoms. The van der Waals surface area contributed by atoms with Crippen molar-refractivity contribution in [3.63, 3.8) is 0 Å². The molecule has 2 rings (SSSR count). The molecule has 1 aromatic rings. The van der Waals surface area contributed by atoms with Gasteiger partial charge in [0, 0.05) is 20.6 Å². The van der Waals surface area contributed by atoms with Gasteiger partial charge in [0.1, 0.15) is 12.4 Å². The minimum Gasteiger partial charge on any atom is -0.490 e. The number of hydrogen-bond donors (Lipinski definition) is 1. The molecule has 1 N–H and O–H groups in total. The van der Waals surface area contributed by atoms with Crippen molar-refractivity contribution >= 4 is 15.9 Å². The Kier molecular flexibility index (Phi) is 6.05. The fourth-order valence-electron chi connectivity index (χ4n) is 2.61. The van der Waals surface area contributed by atoms with Crippen molar-refractivity contribution in [2.45, 2.75) is 37.4 Å². The van der Waals surface area contributed by atoms with Gasteiger partial charge < -0.3 is 19.3 Å². The first-order valence-electron chi connectivity index (χ1n) is 7.24. The van der Waals surface area contributed by atoms with E-state index >= 15 is 0 Å². The summed E-state index contributed by atoms with van der Waals surface area (Å²) in [5.41, 5.74) is 0.740. The molecular formula is C16H23BrO4. The van der Waals surface area contributed by atoms with Gasteiger partial charge in [-0.1, -0.05) is 6.07 Å². The van der Waals surface area contributed by atoms with Crippen LogP contribution < -0.4 is 4.74 Å². The fraction of sp³-hybridized carbons (Fsp3) is 0.625. The molecular weight excluding hydrogens is 336 g/mol. The number of aliphatic hydroxyl groups is 1. The predicted molar refractivity (Wildman–Crippen MR) is 84.7 cm³/mol. The van der Waals surface area contributed by atoms with Crippen LogP contribution >= 0.6 is 15.9 Å². The molecule has 1 aromatic carbocycles. The lowest BCUT2D eigenvalue weighted by molar-refractivity contribution is -0.0999. The Hall–Kier alpha value is -0.620. The third kappa shape index (κ3) is 4.19. The fourth-order valence-corrected chi connectivity index (χ4v) is 3.12. The van der Waals surface area contributed by atoms with Crippen molar-refractivity contribution in [2.24, 2.45) is 0 Å². The van der Waals surface area contributed by atoms with Gasteiger partial charge in [-0.15, -0.1) is 0 Å². The highest BCUT2D eigenvalue weighted by molar-refractivity contribution is 9.10. The maximum atomic E-state index is 10.4. The monoisotopic (exact) mass is 358 g/mol. The summed E-state index contributed by atoms with van der Waals surface area (Å²) in [6, 6.07) is 5.69. The second kappa shape index (κ2) is 7.58. The Labute approximate surface area is 134 Å². The molecule has 0 aliphatic heterocycles. The van der Waals surface area contributed by atoms with Crippen LogP contribution in [0.5, 0.6) is 5.75 Å². The normalized spacial score (nSPS) is 18.1. The van der Waals surface area contributed by atoms with Crippen LogP contribution in [-0.4, -0.2) is 38.1 Å². The summed E-state index contributed by atoms with van der Waals surface area (Å²) in [7, 11) is 3.37. The molecule has 1 saturated carbocycles. The lowest BCUT2D eigenvalue weighted by atomic mass is 9.75. The second-order valence-electron chi connectivity index (χ2n) is 5.49. The van der Waals surface area contributed by atoms with E-state index in [1.165, 1.54) is 6.42 Å². The van der Waals surface area contributed by atoms with E-state index in [0.29, 0.717) is 19.6 Å². The molecule has 0 bridgehead atoms. The van der Waals surface area contributed by atoms with Crippen LogP contribution in [0.1, 0.15) is 37.4 Å². The Bertz CT molecular complexity index is 454. The quantitative estimate of drug-likeness (QED) is 0.722. The highest BCUT2D eigenvalue weighted by Gasteiger charge is 2.39. The first kappa shape index (κ1) is 16.7. The minimum absolute atomic E-state index is 0.139. The maximum absolute atomic E-state index is 10.4. The van der Waals surface area contributed by atoms with Crippen LogP contribution in [0.15, 0.2) is 22.7 Å². The smallest absolute Gasteiger partial charge is 0.133 e. The zero-order valence-electron chi connectivity index (χ0n) is 12.6. The average molecular weight is 359 g/mol. The van der Waals surface area contributed by atoms with Gasteiger partial charge in [-0.2, -0.15) is 0 Å². The van der Waals surface area contributed by atoms with Crippen LogP contribution in [-0.2, 0) is 9.47 Å². The molecule has 1 aliphatic carbocycles. The number of benzene rings is 1. The Balaban J connectivity index is 1.98. The SMILES string of the molecule is COCCOc1ccc(C(O)CC2(OC)CCC2)cc1Br. The molecule has 4 nitrogen and oxygen atoms in total. The van der Waals surface area contributed by atoms with E-state index in [1.807, 2.05) is 18.2 Å². The van der Waals surface area contributed by atoms with Crippen molar-refractivity contribution in [3.8, 4) is 5.75 Å². The van der Waals surface area contributed by atoms with Crippen LogP contribution in [0, 0.1) is 0 Å². The first-order valence-corrected chi connectivity index (χ1v) is 8.04. The summed E-state index contributed by atoms with van der Waals surface area (Å²) in [4.78, 5) is 0. The van der Waals surface area contributed by atoms with Crippen molar-refractivity contribution in [1.29, 1.82) is 0 Å². The molecule has 0 heterocycles. The molecule has 1 fully saturated rings. The maximum Gasteiger partial charge on any atom is 0.133 e. The molecule has 1 aliphatic rings. The van der Waals surface area contributed by atoms with Gasteiger partial charge in [0.15, 0.2) is 0 Å². The summed E-state index contributed by atoms with van der Waals surface area (Å²) in [5.74, 6) is 0.757. The Morgan fingerprint density at radius 1 is 1.29 bits per heavy atom. The average Bonchev–Trinajstić information content (AvgIpc) is 2.44. The zero-order chi connectivity index (χ0) is 15.3. The van der Waals surface area contributed by atoms with Gasteiger partial charge in [-0.25, -0.2) is 0 Å². The van der Waals surface area contributed by atoms with Crippen molar-refractivity contribution in [3.05, 3.63) is 28.2 Å². The van der Waals surface area contributed by atoms with Crippen molar-refractivity contribution in [1.82, 2.24) is 0 Å². The van der Waals surface area contributed by atoms with E-state index in [-0.39, 0.29) is 5.60 Å². The Morgan fingerprint density at radius 3 is 2.57 bits per heavy atom. The highest BCUT2D eigenvalue weighted by atomic mass is 79.9. The Morgan fingerprint density at radius 2 is 2.05 bits per heavy atom. The van der Waals surface area contributed by atoms with Gasteiger partial charge >= 0.3 is 0 Å². The molecule has 1 unspecified atom stereocenters. The second-order valence-corrected chi connectivity index (χ2v) is 6.35. The van der Waals surface area contributed by atoms with E-state index in [2.05, 4.69) is 15.9 Å². The molecule has 5 heteroatoms. The summed E-state index contributed by atoms with van der Waals surface area (Å²) >= 11 is 3.49. The van der Waals surface area contributed by atoms with E-state index in [9.17, 15) is 5.11 Å². The van der Waals surface area contributed by atoms with E-state index in [4.69, 9.17) is 14.2 Å². The minimum atomic E-state index is -0.519. The summed E-state index contributed by atoms with van der Waals surface area (Å²) in [6.07, 6.45) is 3.35. The van der Waals surface area contributed by atoms with E-state index in [1.54, 1.807) is 14.2 Å². The summed E-state index contributed by atoms with van der Waals surface area (Å²) < 4.78 is 17.0. The topological polar surface area (TPSA) is 47.9 Å². The number of ether oxygens (including phenoxy) is 3. The molecule has 0 saturated heterocycles. The van der Waals surface area contributed by atoms with Crippen molar-refractivity contribution in [2.75, 3.05) is 27.4 Å². The third-order valence-electron chi connectivity index (χ3n) is 4.15. The van der Waals surface area contributed by atoms with Crippen molar-refractivity contribution < 1.29 is 19.3 Å². The van der Waals surface area contributed by atoms with Crippen LogP contribution in [0.3, 0.4) is 0 Å². The predicted octanol–water partition coefficient (Wildman–Crippen LogP) is 3.47. The lowest BCUT2D eigenvalue weighted by Gasteiger charge is -2.41. The van der Waals surface area contributed by atoms with Gasteiger partial charge in [0.2, 0.25) is 0 Å². The van der Waals surface area contributed by atoms with Crippen LogP contribution in [0.25, 0.3) is 0 Å². The summed E-state index contributed by atoms with van der Waals surface area (Å²) in [5, 5.41) is 10.4. The summed E-state index contributed by atoms with van der Waals surface area (Å²) in [6.45, 7) is 1.05. The molecule has 0 amide bonds.